The second-order valence-corrected chi connectivity index (χ2v) is 3.78. The lowest BCUT2D eigenvalue weighted by atomic mass is 10.1. The van der Waals surface area contributed by atoms with E-state index in [1.807, 2.05) is 0 Å². The zero-order valence-electron chi connectivity index (χ0n) is 8.05. The molecule has 0 amide bonds. The first kappa shape index (κ1) is 10.3. The highest BCUT2D eigenvalue weighted by Gasteiger charge is 2.08. The molecule has 1 aromatic carbocycles. The van der Waals surface area contributed by atoms with Crippen LogP contribution < -0.4 is 11.5 Å². The summed E-state index contributed by atoms with van der Waals surface area (Å²) in [6, 6.07) is 3.48. The number of nitrogens with two attached hydrogens (primary N) is 1. The van der Waals surface area contributed by atoms with Crippen LogP contribution in [0.25, 0.3) is 11.1 Å². The number of hydrogen-bond acceptors (Lipinski definition) is 3. The summed E-state index contributed by atoms with van der Waals surface area (Å²) in [6.45, 7) is 0.600. The van der Waals surface area contributed by atoms with E-state index in [2.05, 4.69) is 4.98 Å². The SMILES string of the molecule is NCCCc1cc(Cl)cc2[nH]c(=O)oc12. The summed E-state index contributed by atoms with van der Waals surface area (Å²) < 4.78 is 5.04. The van der Waals surface area contributed by atoms with Crippen molar-refractivity contribution in [3.63, 3.8) is 0 Å². The van der Waals surface area contributed by atoms with E-state index >= 15 is 0 Å². The fraction of sp³-hybridized carbons (Fsp3) is 0.300. The van der Waals surface area contributed by atoms with Crippen molar-refractivity contribution in [1.82, 2.24) is 4.98 Å². The number of aromatic nitrogens is 1. The number of H-pyrrole nitrogens is 1. The molecule has 0 spiro atoms. The minimum atomic E-state index is -0.457. The number of fused-ring (bicyclic) bond motifs is 1. The van der Waals surface area contributed by atoms with Gasteiger partial charge in [-0.2, -0.15) is 0 Å². The maximum Gasteiger partial charge on any atom is 0.417 e. The van der Waals surface area contributed by atoms with Gasteiger partial charge in [-0.3, -0.25) is 4.98 Å². The van der Waals surface area contributed by atoms with Gasteiger partial charge < -0.3 is 10.2 Å². The zero-order chi connectivity index (χ0) is 10.8. The molecule has 1 heterocycles. The Morgan fingerprint density at radius 1 is 1.47 bits per heavy atom. The summed E-state index contributed by atoms with van der Waals surface area (Å²) in [6.07, 6.45) is 1.60. The molecular weight excluding hydrogens is 216 g/mol. The van der Waals surface area contributed by atoms with Crippen molar-refractivity contribution < 1.29 is 4.42 Å². The van der Waals surface area contributed by atoms with Crippen molar-refractivity contribution in [3.8, 4) is 0 Å². The number of nitrogens with one attached hydrogen (secondary N) is 1. The van der Waals surface area contributed by atoms with Crippen molar-refractivity contribution >= 4 is 22.7 Å². The average Bonchev–Trinajstić information content (AvgIpc) is 2.54. The first-order valence-electron chi connectivity index (χ1n) is 4.72. The molecule has 2 aromatic rings. The molecule has 4 nitrogen and oxygen atoms in total. The third kappa shape index (κ3) is 2.06. The Kier molecular flexibility index (Phi) is 2.79. The second kappa shape index (κ2) is 4.08. The van der Waals surface area contributed by atoms with E-state index in [1.165, 1.54) is 0 Å². The molecule has 0 fully saturated rings. The molecule has 0 radical (unpaired) electrons. The van der Waals surface area contributed by atoms with Crippen LogP contribution in [0.3, 0.4) is 0 Å². The number of hydrogen-bond donors (Lipinski definition) is 2. The van der Waals surface area contributed by atoms with Gasteiger partial charge in [-0.1, -0.05) is 11.6 Å². The minimum Gasteiger partial charge on any atom is -0.408 e. The number of oxazole rings is 1. The van der Waals surface area contributed by atoms with Crippen molar-refractivity contribution in [2.75, 3.05) is 6.54 Å². The molecule has 0 saturated heterocycles. The monoisotopic (exact) mass is 226 g/mol. The molecule has 0 saturated carbocycles. The maximum absolute atomic E-state index is 11.0. The summed E-state index contributed by atoms with van der Waals surface area (Å²) in [5.74, 6) is -0.457. The number of halogens is 1. The zero-order valence-corrected chi connectivity index (χ0v) is 8.80. The van der Waals surface area contributed by atoms with Gasteiger partial charge in [0.05, 0.1) is 5.52 Å². The van der Waals surface area contributed by atoms with Crippen molar-refractivity contribution in [3.05, 3.63) is 33.3 Å². The van der Waals surface area contributed by atoms with Gasteiger partial charge in [-0.05, 0) is 37.1 Å². The first-order chi connectivity index (χ1) is 7.20. The smallest absolute Gasteiger partial charge is 0.408 e. The Morgan fingerprint density at radius 2 is 2.27 bits per heavy atom. The van der Waals surface area contributed by atoms with Crippen LogP contribution in [0.5, 0.6) is 0 Å². The number of benzene rings is 1. The maximum atomic E-state index is 11.0. The van der Waals surface area contributed by atoms with Crippen LogP contribution in [0.4, 0.5) is 0 Å². The van der Waals surface area contributed by atoms with E-state index in [9.17, 15) is 4.79 Å². The van der Waals surface area contributed by atoms with Crippen LogP contribution in [0, 0.1) is 0 Å². The summed E-state index contributed by atoms with van der Waals surface area (Å²) in [4.78, 5) is 13.6. The van der Waals surface area contributed by atoms with Gasteiger partial charge in [0.1, 0.15) is 0 Å². The van der Waals surface area contributed by atoms with Crippen molar-refractivity contribution in [2.45, 2.75) is 12.8 Å². The third-order valence-electron chi connectivity index (χ3n) is 2.21. The lowest BCUT2D eigenvalue weighted by molar-refractivity contribution is 0.551. The van der Waals surface area contributed by atoms with Crippen LogP contribution in [-0.2, 0) is 6.42 Å². The van der Waals surface area contributed by atoms with Crippen molar-refractivity contribution in [2.24, 2.45) is 5.73 Å². The van der Waals surface area contributed by atoms with Gasteiger partial charge in [0.25, 0.3) is 0 Å². The molecule has 0 aliphatic carbocycles. The molecule has 15 heavy (non-hydrogen) atoms. The molecule has 0 unspecified atom stereocenters. The molecule has 80 valence electrons. The van der Waals surface area contributed by atoms with Gasteiger partial charge in [0.2, 0.25) is 0 Å². The fourth-order valence-electron chi connectivity index (χ4n) is 1.57. The third-order valence-corrected chi connectivity index (χ3v) is 2.43. The van der Waals surface area contributed by atoms with E-state index in [1.54, 1.807) is 12.1 Å². The second-order valence-electron chi connectivity index (χ2n) is 3.35. The Labute approximate surface area is 91.0 Å². The standard InChI is InChI=1S/C10H11ClN2O2/c11-7-4-6(2-1-3-12)9-8(5-7)13-10(14)15-9/h4-5H,1-3,12H2,(H,13,14). The predicted octanol–water partition coefficient (Wildman–Crippen LogP) is 1.67. The van der Waals surface area contributed by atoms with E-state index in [0.29, 0.717) is 22.7 Å². The molecule has 0 bridgehead atoms. The Bertz CT molecular complexity index is 530. The summed E-state index contributed by atoms with van der Waals surface area (Å²) in [5, 5.41) is 0.589. The van der Waals surface area contributed by atoms with Gasteiger partial charge in [-0.15, -0.1) is 0 Å². The summed E-state index contributed by atoms with van der Waals surface area (Å²) in [7, 11) is 0. The normalized spacial score (nSPS) is 11.1. The highest BCUT2D eigenvalue weighted by Crippen LogP contribution is 2.22. The van der Waals surface area contributed by atoms with E-state index < -0.39 is 5.76 Å². The first-order valence-corrected chi connectivity index (χ1v) is 5.10. The summed E-state index contributed by atoms with van der Waals surface area (Å²) >= 11 is 5.92. The highest BCUT2D eigenvalue weighted by atomic mass is 35.5. The van der Waals surface area contributed by atoms with Gasteiger partial charge >= 0.3 is 5.76 Å². The van der Waals surface area contributed by atoms with Crippen molar-refractivity contribution in [1.29, 1.82) is 0 Å². The van der Waals surface area contributed by atoms with E-state index in [-0.39, 0.29) is 0 Å². The molecule has 0 aliphatic rings. The van der Waals surface area contributed by atoms with E-state index in [0.717, 1.165) is 18.4 Å². The number of rotatable bonds is 3. The van der Waals surface area contributed by atoms with Crippen LogP contribution >= 0.6 is 11.6 Å². The van der Waals surface area contributed by atoms with Gasteiger partial charge in [0, 0.05) is 5.02 Å². The molecular formula is C10H11ClN2O2. The average molecular weight is 227 g/mol. The quantitative estimate of drug-likeness (QED) is 0.836. The van der Waals surface area contributed by atoms with Crippen LogP contribution in [0.1, 0.15) is 12.0 Å². The molecule has 1 aromatic heterocycles. The topological polar surface area (TPSA) is 72.0 Å². The lowest BCUT2D eigenvalue weighted by Crippen LogP contribution is -2.00. The molecule has 2 rings (SSSR count). The largest absolute Gasteiger partial charge is 0.417 e. The molecule has 3 N–H and O–H groups in total. The predicted molar refractivity (Wildman–Crippen MR) is 59.2 cm³/mol. The highest BCUT2D eigenvalue weighted by molar-refractivity contribution is 6.31. The van der Waals surface area contributed by atoms with Gasteiger partial charge in [0.15, 0.2) is 5.58 Å². The van der Waals surface area contributed by atoms with Crippen LogP contribution in [0.15, 0.2) is 21.3 Å². The number of aromatic amines is 1. The van der Waals surface area contributed by atoms with Crippen LogP contribution in [0.2, 0.25) is 5.02 Å². The minimum absolute atomic E-state index is 0.457. The lowest BCUT2D eigenvalue weighted by Gasteiger charge is -2.01. The fourth-order valence-corrected chi connectivity index (χ4v) is 1.81. The molecule has 0 aliphatic heterocycles. The molecule has 5 heteroatoms. The Hall–Kier alpha value is -1.26. The summed E-state index contributed by atoms with van der Waals surface area (Å²) in [5.41, 5.74) is 7.57. The number of aryl methyl sites for hydroxylation is 1. The van der Waals surface area contributed by atoms with Crippen LogP contribution in [-0.4, -0.2) is 11.5 Å². The van der Waals surface area contributed by atoms with Gasteiger partial charge in [-0.25, -0.2) is 4.79 Å². The molecule has 0 atom stereocenters. The Morgan fingerprint density at radius 3 is 3.00 bits per heavy atom. The Balaban J connectivity index is 2.55. The van der Waals surface area contributed by atoms with E-state index in [4.69, 9.17) is 21.8 Å².